The molecule has 1 fully saturated rings. The van der Waals surface area contributed by atoms with E-state index in [1.54, 1.807) is 6.07 Å². The van der Waals surface area contributed by atoms with Gasteiger partial charge in [0.1, 0.15) is 0 Å². The van der Waals surface area contributed by atoms with E-state index in [1.807, 2.05) is 11.6 Å². The van der Waals surface area contributed by atoms with Crippen LogP contribution in [0.25, 0.3) is 0 Å². The normalized spacial score (nSPS) is 19.2. The van der Waals surface area contributed by atoms with E-state index in [2.05, 4.69) is 64.4 Å². The number of benzene rings is 2. The van der Waals surface area contributed by atoms with Crippen LogP contribution in [0.2, 0.25) is 0 Å². The fourth-order valence-electron chi connectivity index (χ4n) is 5.23. The van der Waals surface area contributed by atoms with Crippen molar-refractivity contribution in [3.8, 4) is 5.75 Å². The minimum atomic E-state index is -0.274. The highest BCUT2D eigenvalue weighted by atomic mass is 16.3. The summed E-state index contributed by atoms with van der Waals surface area (Å²) < 4.78 is 2.03. The maximum Gasteiger partial charge on any atom is 0.223 e. The second-order valence-electron chi connectivity index (χ2n) is 9.22. The smallest absolute Gasteiger partial charge is 0.223 e. The third-order valence-electron chi connectivity index (χ3n) is 7.15. The molecule has 1 N–H and O–H groups in total. The van der Waals surface area contributed by atoms with Gasteiger partial charge in [0, 0.05) is 51.5 Å². The van der Waals surface area contributed by atoms with Crippen molar-refractivity contribution in [1.29, 1.82) is 0 Å². The summed E-state index contributed by atoms with van der Waals surface area (Å²) in [4.78, 5) is 17.4. The molecule has 0 spiro atoms. The Morgan fingerprint density at radius 1 is 0.938 bits per heavy atom. The predicted octanol–water partition coefficient (Wildman–Crippen LogP) is 3.64. The zero-order valence-corrected chi connectivity index (χ0v) is 18.7. The van der Waals surface area contributed by atoms with E-state index >= 15 is 0 Å². The fraction of sp³-hybridized carbons (Fsp3) is 0.370. The molecule has 5 heteroatoms. The second-order valence-corrected chi connectivity index (χ2v) is 9.22. The zero-order chi connectivity index (χ0) is 22.1. The van der Waals surface area contributed by atoms with Crippen LogP contribution in [0.5, 0.6) is 5.75 Å². The molecule has 166 valence electrons. The first-order valence-electron chi connectivity index (χ1n) is 11.6. The van der Waals surface area contributed by atoms with Crippen LogP contribution in [0.4, 0.5) is 0 Å². The summed E-state index contributed by atoms with van der Waals surface area (Å²) in [5.41, 5.74) is 5.56. The van der Waals surface area contributed by atoms with Crippen molar-refractivity contribution >= 4 is 0 Å². The van der Waals surface area contributed by atoms with Gasteiger partial charge < -0.3 is 9.67 Å². The standard InChI is InChI=1S/C27H31N3O2/c1-28-24(18-29-13-11-21-9-5-6-10-22(21)16-29)15-26(31)27(32)25(28)19-30-14-12-23(17-30)20-7-3-2-4-8-20/h2-10,15,23,32H,11-14,16-19H2,1H3/t23-/m0/s1. The van der Waals surface area contributed by atoms with E-state index < -0.39 is 0 Å². The molecule has 0 radical (unpaired) electrons. The highest BCUT2D eigenvalue weighted by Gasteiger charge is 2.26. The summed E-state index contributed by atoms with van der Waals surface area (Å²) >= 11 is 0. The van der Waals surface area contributed by atoms with Crippen molar-refractivity contribution in [1.82, 2.24) is 14.4 Å². The Labute approximate surface area is 189 Å². The van der Waals surface area contributed by atoms with Gasteiger partial charge in [-0.25, -0.2) is 0 Å². The van der Waals surface area contributed by atoms with E-state index in [0.29, 0.717) is 19.0 Å². The molecule has 2 aromatic carbocycles. The number of aromatic nitrogens is 1. The van der Waals surface area contributed by atoms with Crippen LogP contribution in [0.3, 0.4) is 0 Å². The first-order valence-corrected chi connectivity index (χ1v) is 11.6. The van der Waals surface area contributed by atoms with Crippen LogP contribution in [0, 0.1) is 0 Å². The van der Waals surface area contributed by atoms with Crippen LogP contribution in [-0.4, -0.2) is 39.1 Å². The van der Waals surface area contributed by atoms with Gasteiger partial charge in [-0.05, 0) is 42.0 Å². The second kappa shape index (κ2) is 8.93. The van der Waals surface area contributed by atoms with Gasteiger partial charge in [0.25, 0.3) is 0 Å². The lowest BCUT2D eigenvalue weighted by Gasteiger charge is -2.30. The molecular formula is C27H31N3O2. The topological polar surface area (TPSA) is 48.7 Å². The number of nitrogens with zero attached hydrogens (tertiary/aromatic N) is 3. The lowest BCUT2D eigenvalue weighted by Crippen LogP contribution is -2.32. The average molecular weight is 430 g/mol. The lowest BCUT2D eigenvalue weighted by atomic mass is 9.99. The molecule has 2 aliphatic heterocycles. The number of pyridine rings is 1. The summed E-state index contributed by atoms with van der Waals surface area (Å²) in [6.07, 6.45) is 2.13. The van der Waals surface area contributed by atoms with Crippen LogP contribution < -0.4 is 5.43 Å². The number of likely N-dealkylation sites (tertiary alicyclic amines) is 1. The summed E-state index contributed by atoms with van der Waals surface area (Å²) in [6.45, 7) is 5.10. The Bertz CT molecular complexity index is 1160. The van der Waals surface area contributed by atoms with Gasteiger partial charge in [-0.3, -0.25) is 14.6 Å². The number of rotatable bonds is 5. The molecule has 3 aromatic rings. The zero-order valence-electron chi connectivity index (χ0n) is 18.7. The molecule has 3 heterocycles. The summed E-state index contributed by atoms with van der Waals surface area (Å²) in [5.74, 6) is 0.398. The molecule has 5 nitrogen and oxygen atoms in total. The number of hydrogen-bond donors (Lipinski definition) is 1. The molecule has 0 amide bonds. The third-order valence-corrected chi connectivity index (χ3v) is 7.15. The van der Waals surface area contributed by atoms with E-state index in [-0.39, 0.29) is 11.2 Å². The van der Waals surface area contributed by atoms with Crippen molar-refractivity contribution < 1.29 is 5.11 Å². The van der Waals surface area contributed by atoms with E-state index in [1.165, 1.54) is 16.7 Å². The minimum Gasteiger partial charge on any atom is -0.503 e. The molecule has 1 saturated heterocycles. The molecule has 1 atom stereocenters. The Kier molecular flexibility index (Phi) is 5.85. The molecule has 2 aliphatic rings. The van der Waals surface area contributed by atoms with Gasteiger partial charge in [-0.1, -0.05) is 54.6 Å². The summed E-state index contributed by atoms with van der Waals surface area (Å²) in [6, 6.07) is 20.8. The Balaban J connectivity index is 1.32. The van der Waals surface area contributed by atoms with Crippen molar-refractivity contribution in [2.75, 3.05) is 19.6 Å². The van der Waals surface area contributed by atoms with E-state index in [0.717, 1.165) is 50.4 Å². The highest BCUT2D eigenvalue weighted by molar-refractivity contribution is 5.32. The van der Waals surface area contributed by atoms with Gasteiger partial charge in [-0.2, -0.15) is 0 Å². The molecule has 0 saturated carbocycles. The largest absolute Gasteiger partial charge is 0.503 e. The van der Waals surface area contributed by atoms with Crippen molar-refractivity contribution in [3.63, 3.8) is 0 Å². The first-order chi connectivity index (χ1) is 15.6. The molecular weight excluding hydrogens is 398 g/mol. The number of hydrogen-bond acceptors (Lipinski definition) is 4. The highest BCUT2D eigenvalue weighted by Crippen LogP contribution is 2.29. The maximum absolute atomic E-state index is 12.6. The maximum atomic E-state index is 12.6. The molecule has 0 unspecified atom stereocenters. The predicted molar refractivity (Wildman–Crippen MR) is 127 cm³/mol. The lowest BCUT2D eigenvalue weighted by molar-refractivity contribution is 0.237. The summed E-state index contributed by atoms with van der Waals surface area (Å²) in [5, 5.41) is 10.6. The third kappa shape index (κ3) is 4.23. The van der Waals surface area contributed by atoms with E-state index in [9.17, 15) is 9.90 Å². The van der Waals surface area contributed by atoms with Gasteiger partial charge in [0.05, 0.1) is 5.69 Å². The Morgan fingerprint density at radius 3 is 2.50 bits per heavy atom. The monoisotopic (exact) mass is 429 g/mol. The molecule has 32 heavy (non-hydrogen) atoms. The molecule has 5 rings (SSSR count). The number of fused-ring (bicyclic) bond motifs is 1. The first kappa shape index (κ1) is 21.0. The van der Waals surface area contributed by atoms with Gasteiger partial charge in [-0.15, -0.1) is 0 Å². The van der Waals surface area contributed by atoms with Gasteiger partial charge >= 0.3 is 0 Å². The van der Waals surface area contributed by atoms with E-state index in [4.69, 9.17) is 0 Å². The molecule has 0 aliphatic carbocycles. The SMILES string of the molecule is Cn1c(CN2CCc3ccccc3C2)cc(=O)c(O)c1CN1CC[C@H](c2ccccc2)C1. The Hall–Kier alpha value is -2.89. The molecule has 1 aromatic heterocycles. The fourth-order valence-corrected chi connectivity index (χ4v) is 5.23. The average Bonchev–Trinajstić information content (AvgIpc) is 3.29. The van der Waals surface area contributed by atoms with Crippen molar-refractivity contribution in [2.45, 2.75) is 38.4 Å². The van der Waals surface area contributed by atoms with Gasteiger partial charge in [0.15, 0.2) is 5.75 Å². The van der Waals surface area contributed by atoms with Crippen molar-refractivity contribution in [3.05, 3.63) is 99.0 Å². The minimum absolute atomic E-state index is 0.108. The Morgan fingerprint density at radius 2 is 1.69 bits per heavy atom. The van der Waals surface area contributed by atoms with Crippen LogP contribution in [0.1, 0.15) is 40.4 Å². The quantitative estimate of drug-likeness (QED) is 0.673. The number of aromatic hydroxyl groups is 1. The van der Waals surface area contributed by atoms with Crippen LogP contribution in [0.15, 0.2) is 65.5 Å². The van der Waals surface area contributed by atoms with Crippen LogP contribution >= 0.6 is 0 Å². The van der Waals surface area contributed by atoms with Crippen molar-refractivity contribution in [2.24, 2.45) is 7.05 Å². The molecule has 0 bridgehead atoms. The summed E-state index contributed by atoms with van der Waals surface area (Å²) in [7, 11) is 1.98. The van der Waals surface area contributed by atoms with Gasteiger partial charge in [0.2, 0.25) is 5.43 Å². The van der Waals surface area contributed by atoms with Crippen LogP contribution in [-0.2, 0) is 33.1 Å².